The number of rotatable bonds is 4. The molecule has 1 N–H and O–H groups in total. The third kappa shape index (κ3) is 3.21. The molecule has 0 fully saturated rings. The summed E-state index contributed by atoms with van der Waals surface area (Å²) >= 11 is 1.35. The zero-order valence-electron chi connectivity index (χ0n) is 14.0. The first kappa shape index (κ1) is 16.4. The second-order valence-corrected chi connectivity index (χ2v) is 6.45. The number of nitrogens with one attached hydrogen (secondary N) is 1. The van der Waals surface area contributed by atoms with Crippen LogP contribution < -0.4 is 19.5 Å². The van der Waals surface area contributed by atoms with Gasteiger partial charge in [0.25, 0.3) is 5.91 Å². The van der Waals surface area contributed by atoms with Crippen molar-refractivity contribution in [1.82, 2.24) is 4.98 Å². The minimum Gasteiger partial charge on any atom is -0.496 e. The summed E-state index contributed by atoms with van der Waals surface area (Å²) in [7, 11) is 1.62. The number of fused-ring (bicyclic) bond motifs is 1. The van der Waals surface area contributed by atoms with Crippen LogP contribution in [0.15, 0.2) is 53.9 Å². The van der Waals surface area contributed by atoms with Crippen molar-refractivity contribution in [2.45, 2.75) is 6.10 Å². The number of thiazole rings is 1. The van der Waals surface area contributed by atoms with Gasteiger partial charge < -0.3 is 14.2 Å². The Labute approximate surface area is 154 Å². The summed E-state index contributed by atoms with van der Waals surface area (Å²) in [5.41, 5.74) is 1.62. The molecule has 26 heavy (non-hydrogen) atoms. The molecule has 132 valence electrons. The molecule has 2 heterocycles. The second-order valence-electron chi connectivity index (χ2n) is 5.59. The molecule has 1 atom stereocenters. The van der Waals surface area contributed by atoms with Crippen molar-refractivity contribution in [2.24, 2.45) is 0 Å². The van der Waals surface area contributed by atoms with Crippen LogP contribution >= 0.6 is 11.3 Å². The summed E-state index contributed by atoms with van der Waals surface area (Å²) in [6.07, 6.45) is -0.719. The summed E-state index contributed by atoms with van der Waals surface area (Å²) in [5.74, 6) is 1.65. The zero-order chi connectivity index (χ0) is 17.9. The topological polar surface area (TPSA) is 69.7 Å². The van der Waals surface area contributed by atoms with E-state index in [0.717, 1.165) is 17.0 Å². The lowest BCUT2D eigenvalue weighted by molar-refractivity contribution is -0.125. The highest BCUT2D eigenvalue weighted by Gasteiger charge is 2.28. The van der Waals surface area contributed by atoms with Crippen molar-refractivity contribution in [3.63, 3.8) is 0 Å². The zero-order valence-corrected chi connectivity index (χ0v) is 14.8. The van der Waals surface area contributed by atoms with E-state index in [2.05, 4.69) is 10.3 Å². The lowest BCUT2D eigenvalue weighted by Crippen LogP contribution is -2.40. The van der Waals surface area contributed by atoms with Crippen molar-refractivity contribution in [3.05, 3.63) is 53.9 Å². The van der Waals surface area contributed by atoms with Crippen molar-refractivity contribution in [3.8, 4) is 28.5 Å². The third-order valence-corrected chi connectivity index (χ3v) is 4.68. The van der Waals surface area contributed by atoms with Crippen LogP contribution in [0.3, 0.4) is 0 Å². The maximum Gasteiger partial charge on any atom is 0.270 e. The number of methoxy groups -OCH3 is 1. The maximum atomic E-state index is 12.5. The van der Waals surface area contributed by atoms with E-state index < -0.39 is 6.10 Å². The Bertz CT molecular complexity index is 941. The quantitative estimate of drug-likeness (QED) is 0.762. The first-order valence-electron chi connectivity index (χ1n) is 8.03. The molecule has 4 rings (SSSR count). The standard InChI is InChI=1S/C19H16N2O4S/c1-23-14-7-3-2-6-12(14)13-11-26-19(20-13)21-18(22)17-10-24-15-8-4-5-9-16(15)25-17/h2-9,11,17H,10H2,1H3,(H,20,21,22)/t17-/m1/s1. The van der Waals surface area contributed by atoms with Crippen molar-refractivity contribution < 1.29 is 19.0 Å². The number of hydrogen-bond acceptors (Lipinski definition) is 6. The average Bonchev–Trinajstić information content (AvgIpc) is 3.15. The van der Waals surface area contributed by atoms with Crippen LogP contribution in [0.5, 0.6) is 17.2 Å². The van der Waals surface area contributed by atoms with E-state index in [-0.39, 0.29) is 12.5 Å². The molecule has 0 bridgehead atoms. The van der Waals surface area contributed by atoms with E-state index in [4.69, 9.17) is 14.2 Å². The Morgan fingerprint density at radius 3 is 2.81 bits per heavy atom. The van der Waals surface area contributed by atoms with Gasteiger partial charge in [0.15, 0.2) is 16.6 Å². The normalized spacial score (nSPS) is 15.3. The number of carbonyl (C=O) groups excluding carboxylic acids is 1. The van der Waals surface area contributed by atoms with Gasteiger partial charge in [0.05, 0.1) is 12.8 Å². The molecule has 7 heteroatoms. The molecule has 1 amide bonds. The molecule has 3 aromatic rings. The average molecular weight is 368 g/mol. The van der Waals surface area contributed by atoms with Gasteiger partial charge in [0, 0.05) is 10.9 Å². The molecular formula is C19H16N2O4S. The molecule has 1 aliphatic heterocycles. The van der Waals surface area contributed by atoms with Gasteiger partial charge in [-0.25, -0.2) is 4.98 Å². The van der Waals surface area contributed by atoms with Crippen molar-refractivity contribution >= 4 is 22.4 Å². The number of benzene rings is 2. The highest BCUT2D eigenvalue weighted by atomic mass is 32.1. The number of ether oxygens (including phenoxy) is 3. The van der Waals surface area contributed by atoms with Crippen LogP contribution in [0.2, 0.25) is 0 Å². The monoisotopic (exact) mass is 368 g/mol. The molecular weight excluding hydrogens is 352 g/mol. The Morgan fingerprint density at radius 1 is 1.19 bits per heavy atom. The SMILES string of the molecule is COc1ccccc1-c1csc(NC(=O)[C@H]2COc3ccccc3O2)n1. The van der Waals surface area contributed by atoms with Gasteiger partial charge in [0.2, 0.25) is 6.10 Å². The molecule has 1 aromatic heterocycles. The van der Waals surface area contributed by atoms with E-state index in [9.17, 15) is 4.79 Å². The van der Waals surface area contributed by atoms with Gasteiger partial charge in [-0.15, -0.1) is 11.3 Å². The lowest BCUT2D eigenvalue weighted by Gasteiger charge is -2.25. The van der Waals surface area contributed by atoms with E-state index in [1.54, 1.807) is 13.2 Å². The van der Waals surface area contributed by atoms with Gasteiger partial charge in [-0.1, -0.05) is 24.3 Å². The van der Waals surface area contributed by atoms with Crippen LogP contribution in [0.4, 0.5) is 5.13 Å². The number of nitrogens with zero attached hydrogens (tertiary/aromatic N) is 1. The summed E-state index contributed by atoms with van der Waals surface area (Å²) in [4.78, 5) is 17.0. The van der Waals surface area contributed by atoms with E-state index in [0.29, 0.717) is 16.6 Å². The van der Waals surface area contributed by atoms with Crippen molar-refractivity contribution in [1.29, 1.82) is 0 Å². The Balaban J connectivity index is 1.47. The minimum atomic E-state index is -0.719. The molecule has 0 saturated carbocycles. The van der Waals surface area contributed by atoms with Gasteiger partial charge >= 0.3 is 0 Å². The predicted octanol–water partition coefficient (Wildman–Crippen LogP) is 3.60. The molecule has 0 unspecified atom stereocenters. The Hall–Kier alpha value is -3.06. The van der Waals surface area contributed by atoms with Crippen LogP contribution in [0, 0.1) is 0 Å². The minimum absolute atomic E-state index is 0.160. The van der Waals surface area contributed by atoms with E-state index in [1.807, 2.05) is 47.8 Å². The summed E-state index contributed by atoms with van der Waals surface area (Å²) in [5, 5.41) is 5.17. The van der Waals surface area contributed by atoms with Crippen LogP contribution in [-0.4, -0.2) is 30.7 Å². The number of hydrogen-bond donors (Lipinski definition) is 1. The molecule has 0 saturated heterocycles. The molecule has 1 aliphatic rings. The lowest BCUT2D eigenvalue weighted by atomic mass is 10.1. The molecule has 0 spiro atoms. The van der Waals surface area contributed by atoms with Gasteiger partial charge in [0.1, 0.15) is 12.4 Å². The first-order chi connectivity index (χ1) is 12.7. The Kier molecular flexibility index (Phi) is 4.45. The smallest absolute Gasteiger partial charge is 0.270 e. The van der Waals surface area contributed by atoms with E-state index >= 15 is 0 Å². The van der Waals surface area contributed by atoms with E-state index in [1.165, 1.54) is 11.3 Å². The van der Waals surface area contributed by atoms with Gasteiger partial charge in [-0.3, -0.25) is 10.1 Å². The second kappa shape index (κ2) is 7.05. The molecule has 2 aromatic carbocycles. The number of aromatic nitrogens is 1. The molecule has 6 nitrogen and oxygen atoms in total. The Morgan fingerprint density at radius 2 is 1.96 bits per heavy atom. The van der Waals surface area contributed by atoms with Crippen molar-refractivity contribution in [2.75, 3.05) is 19.0 Å². The summed E-state index contributed by atoms with van der Waals surface area (Å²) < 4.78 is 16.7. The van der Waals surface area contributed by atoms with Crippen LogP contribution in [0.25, 0.3) is 11.3 Å². The number of para-hydroxylation sites is 3. The molecule has 0 aliphatic carbocycles. The number of anilines is 1. The number of amides is 1. The largest absolute Gasteiger partial charge is 0.496 e. The fourth-order valence-electron chi connectivity index (χ4n) is 2.65. The molecule has 0 radical (unpaired) electrons. The first-order valence-corrected chi connectivity index (χ1v) is 8.91. The predicted molar refractivity (Wildman–Crippen MR) is 99.1 cm³/mol. The fourth-order valence-corrected chi connectivity index (χ4v) is 3.36. The third-order valence-electron chi connectivity index (χ3n) is 3.92. The fraction of sp³-hybridized carbons (Fsp3) is 0.158. The van der Waals surface area contributed by atoms with Gasteiger partial charge in [-0.05, 0) is 24.3 Å². The summed E-state index contributed by atoms with van der Waals surface area (Å²) in [6, 6.07) is 14.9. The van der Waals surface area contributed by atoms with Gasteiger partial charge in [-0.2, -0.15) is 0 Å². The number of carbonyl (C=O) groups is 1. The van der Waals surface area contributed by atoms with Crippen LogP contribution in [0.1, 0.15) is 0 Å². The maximum absolute atomic E-state index is 12.5. The highest BCUT2D eigenvalue weighted by Crippen LogP contribution is 2.33. The summed E-state index contributed by atoms with van der Waals surface area (Å²) in [6.45, 7) is 0.160. The highest BCUT2D eigenvalue weighted by molar-refractivity contribution is 7.14. The van der Waals surface area contributed by atoms with Crippen LogP contribution in [-0.2, 0) is 4.79 Å².